The topological polar surface area (TPSA) is 158 Å². The van der Waals surface area contributed by atoms with Crippen molar-refractivity contribution in [3.05, 3.63) is 83.2 Å². The minimum Gasteiger partial charge on any atom is -0.497 e. The van der Waals surface area contributed by atoms with Gasteiger partial charge >= 0.3 is 0 Å². The molecule has 0 atom stereocenters. The Morgan fingerprint density at radius 3 is 1.34 bits per heavy atom. The van der Waals surface area contributed by atoms with Crippen LogP contribution in [0.25, 0.3) is 0 Å². The van der Waals surface area contributed by atoms with Gasteiger partial charge in [-0.3, -0.25) is 19.2 Å². The molecule has 0 aliphatic carbocycles. The molecule has 2 N–H and O–H groups in total. The van der Waals surface area contributed by atoms with E-state index in [0.717, 1.165) is 34.0 Å². The normalized spacial score (nSPS) is 12.2. The van der Waals surface area contributed by atoms with Gasteiger partial charge in [0.25, 0.3) is 20.0 Å². The number of methoxy groups -OCH3 is 2. The summed E-state index contributed by atoms with van der Waals surface area (Å²) in [6.45, 7) is 9.98. The van der Waals surface area contributed by atoms with Crippen LogP contribution in [0.1, 0.15) is 50.2 Å². The smallest absolute Gasteiger partial charge is 0.262 e. The molecule has 2 heterocycles. The summed E-state index contributed by atoms with van der Waals surface area (Å²) in [5.41, 5.74) is 3.37. The second-order valence-electron chi connectivity index (χ2n) is 12.7. The number of nitrogens with zero attached hydrogens (tertiary/aromatic N) is 7. The Bertz CT molecular complexity index is 1840. The highest BCUT2D eigenvalue weighted by Crippen LogP contribution is 2.24. The van der Waals surface area contributed by atoms with Crippen LogP contribution in [0.4, 0.5) is 0 Å². The maximum Gasteiger partial charge on any atom is 0.262 e. The zero-order chi connectivity index (χ0) is 37.4. The minimum atomic E-state index is -3.87. The number of primary sulfonamides is 1. The predicted octanol–water partition coefficient (Wildman–Crippen LogP) is 3.58. The van der Waals surface area contributed by atoms with E-state index in [1.54, 1.807) is 43.7 Å². The van der Waals surface area contributed by atoms with Crippen LogP contribution in [-0.4, -0.2) is 90.9 Å². The summed E-state index contributed by atoms with van der Waals surface area (Å²) in [6, 6.07) is 18.7. The molecule has 14 nitrogen and oxygen atoms in total. The summed E-state index contributed by atoms with van der Waals surface area (Å²) in [4.78, 5) is 4.23. The molecule has 2 aromatic heterocycles. The standard InChI is InChI=1S/C25H34N4O4S.C9H18N4O2S/c1-19(2)27(3)18-22-15-25(26-28(22)4)34(30,31)29(16-20-7-11-23(32-5)12-8-20)17-21-9-13-24(33-6)14-10-21;1-7(2)12(3)6-8-5-9(11-13(8)4)16(10,14)15/h7-15,19H,16-18H2,1-6H3;5,7H,6H2,1-4H3,(H2,10,14,15). The second-order valence-corrected chi connectivity index (χ2v) is 16.1. The van der Waals surface area contributed by atoms with Gasteiger partial charge in [0, 0.05) is 64.5 Å². The van der Waals surface area contributed by atoms with E-state index >= 15 is 0 Å². The first kappa shape index (κ1) is 40.6. The van der Waals surface area contributed by atoms with E-state index in [9.17, 15) is 16.8 Å². The highest BCUT2D eigenvalue weighted by molar-refractivity contribution is 7.89. The van der Waals surface area contributed by atoms with E-state index in [1.807, 2.05) is 62.6 Å². The van der Waals surface area contributed by atoms with Gasteiger partial charge < -0.3 is 9.47 Å². The number of hydrogen-bond acceptors (Lipinski definition) is 10. The van der Waals surface area contributed by atoms with Gasteiger partial charge in [0.1, 0.15) is 11.5 Å². The Balaban J connectivity index is 0.000000354. The second kappa shape index (κ2) is 17.4. The van der Waals surface area contributed by atoms with Crippen molar-refractivity contribution >= 4 is 20.0 Å². The van der Waals surface area contributed by atoms with Gasteiger partial charge in [0.15, 0.2) is 10.1 Å². The van der Waals surface area contributed by atoms with E-state index in [2.05, 4.69) is 47.7 Å². The number of rotatable bonds is 15. The quantitative estimate of drug-likeness (QED) is 0.192. The zero-order valence-corrected chi connectivity index (χ0v) is 32.4. The number of hydrogen-bond donors (Lipinski definition) is 1. The molecule has 4 aromatic rings. The first-order chi connectivity index (χ1) is 23.3. The van der Waals surface area contributed by atoms with E-state index < -0.39 is 20.0 Å². The Labute approximate surface area is 297 Å². The summed E-state index contributed by atoms with van der Waals surface area (Å²) < 4.78 is 64.8. The molecule has 0 aliphatic heterocycles. The third-order valence-electron chi connectivity index (χ3n) is 8.43. The average Bonchev–Trinajstić information content (AvgIpc) is 3.63. The van der Waals surface area contributed by atoms with Gasteiger partial charge in [0.2, 0.25) is 0 Å². The lowest BCUT2D eigenvalue weighted by Gasteiger charge is -2.22. The van der Waals surface area contributed by atoms with Crippen LogP contribution in [0.5, 0.6) is 11.5 Å². The van der Waals surface area contributed by atoms with Crippen molar-refractivity contribution in [3.63, 3.8) is 0 Å². The summed E-state index contributed by atoms with van der Waals surface area (Å²) in [7, 11) is 3.08. The lowest BCUT2D eigenvalue weighted by Crippen LogP contribution is -2.30. The van der Waals surface area contributed by atoms with Crippen molar-refractivity contribution in [2.75, 3.05) is 28.3 Å². The highest BCUT2D eigenvalue weighted by atomic mass is 32.2. The summed E-state index contributed by atoms with van der Waals surface area (Å²) in [5.74, 6) is 1.44. The number of benzene rings is 2. The van der Waals surface area contributed by atoms with Gasteiger partial charge in [-0.15, -0.1) is 0 Å². The van der Waals surface area contributed by atoms with Crippen LogP contribution in [-0.2, 0) is 60.3 Å². The molecule has 276 valence electrons. The van der Waals surface area contributed by atoms with Crippen molar-refractivity contribution in [3.8, 4) is 11.5 Å². The number of ether oxygens (including phenoxy) is 2. The summed E-state index contributed by atoms with van der Waals surface area (Å²) in [5, 5.41) is 13.2. The van der Waals surface area contributed by atoms with Gasteiger partial charge in [0.05, 0.1) is 25.6 Å². The molecule has 2 aromatic carbocycles. The molecule has 0 saturated heterocycles. The molecule has 0 unspecified atom stereocenters. The van der Waals surface area contributed by atoms with E-state index in [-0.39, 0.29) is 23.1 Å². The minimum absolute atomic E-state index is 0.0455. The van der Waals surface area contributed by atoms with Gasteiger partial charge in [-0.25, -0.2) is 22.0 Å². The maximum absolute atomic E-state index is 13.8. The largest absolute Gasteiger partial charge is 0.497 e. The van der Waals surface area contributed by atoms with Crippen LogP contribution in [0.15, 0.2) is 70.7 Å². The first-order valence-corrected chi connectivity index (χ1v) is 19.1. The Kier molecular flexibility index (Phi) is 14.2. The fourth-order valence-corrected chi connectivity index (χ4v) is 6.57. The van der Waals surface area contributed by atoms with Crippen molar-refractivity contribution in [1.29, 1.82) is 0 Å². The first-order valence-electron chi connectivity index (χ1n) is 16.1. The molecule has 4 rings (SSSR count). The van der Waals surface area contributed by atoms with Crippen LogP contribution in [0, 0.1) is 0 Å². The highest BCUT2D eigenvalue weighted by Gasteiger charge is 2.29. The van der Waals surface area contributed by atoms with Crippen molar-refractivity contribution < 1.29 is 26.3 Å². The van der Waals surface area contributed by atoms with E-state index in [0.29, 0.717) is 25.2 Å². The third-order valence-corrected chi connectivity index (χ3v) is 10.9. The van der Waals surface area contributed by atoms with Crippen molar-refractivity contribution in [2.24, 2.45) is 19.2 Å². The van der Waals surface area contributed by atoms with E-state index in [1.165, 1.54) is 10.4 Å². The van der Waals surface area contributed by atoms with Crippen molar-refractivity contribution in [2.45, 2.75) is 76.0 Å². The molecular formula is C34H52N8O6S2. The fourth-order valence-electron chi connectivity index (χ4n) is 4.62. The molecule has 16 heteroatoms. The van der Waals surface area contributed by atoms with Gasteiger partial charge in [-0.2, -0.15) is 14.5 Å². The molecule has 0 aliphatic rings. The van der Waals surface area contributed by atoms with Crippen LogP contribution in [0.2, 0.25) is 0 Å². The fraction of sp³-hybridized carbons (Fsp3) is 0.471. The molecule has 0 bridgehead atoms. The number of nitrogens with two attached hydrogens (primary N) is 1. The maximum atomic E-state index is 13.8. The molecular weight excluding hydrogens is 681 g/mol. The molecule has 50 heavy (non-hydrogen) atoms. The zero-order valence-electron chi connectivity index (χ0n) is 30.7. The van der Waals surface area contributed by atoms with Crippen LogP contribution >= 0.6 is 0 Å². The SMILES string of the molecule is CC(C)N(C)Cc1cc(S(N)(=O)=O)nn1C.COc1ccc(CN(Cc2ccc(OC)cc2)S(=O)(=O)c2cc(CN(C)C(C)C)n(C)n2)cc1. The molecule has 0 spiro atoms. The van der Waals surface area contributed by atoms with E-state index in [4.69, 9.17) is 14.6 Å². The summed E-state index contributed by atoms with van der Waals surface area (Å²) in [6.07, 6.45) is 0. The Hall–Kier alpha value is -3.80. The number of aromatic nitrogens is 4. The third kappa shape index (κ3) is 11.1. The number of sulfonamides is 2. The van der Waals surface area contributed by atoms with Gasteiger partial charge in [-0.1, -0.05) is 24.3 Å². The molecule has 0 saturated carbocycles. The van der Waals surface area contributed by atoms with Crippen molar-refractivity contribution in [1.82, 2.24) is 33.7 Å². The molecule has 0 radical (unpaired) electrons. The lowest BCUT2D eigenvalue weighted by molar-refractivity contribution is 0.259. The average molecular weight is 733 g/mol. The van der Waals surface area contributed by atoms with Crippen LogP contribution < -0.4 is 14.6 Å². The number of aryl methyl sites for hydroxylation is 2. The van der Waals surface area contributed by atoms with Crippen LogP contribution in [0.3, 0.4) is 0 Å². The monoisotopic (exact) mass is 732 g/mol. The Morgan fingerprint density at radius 2 is 1.02 bits per heavy atom. The van der Waals surface area contributed by atoms with Gasteiger partial charge in [-0.05, 0) is 77.2 Å². The molecule has 0 fully saturated rings. The predicted molar refractivity (Wildman–Crippen MR) is 193 cm³/mol. The lowest BCUT2D eigenvalue weighted by atomic mass is 10.2. The Morgan fingerprint density at radius 1 is 0.660 bits per heavy atom. The summed E-state index contributed by atoms with van der Waals surface area (Å²) >= 11 is 0. The molecule has 0 amide bonds.